The monoisotopic (exact) mass is 317 g/mol. The van der Waals surface area contributed by atoms with Crippen molar-refractivity contribution in [3.8, 4) is 0 Å². The SMILES string of the molecule is C=C(C)C(/N=C(/C)C(C)C)=C(I)\C=C/C. The van der Waals surface area contributed by atoms with Crippen LogP contribution in [0.5, 0.6) is 0 Å². The summed E-state index contributed by atoms with van der Waals surface area (Å²) in [5.74, 6) is 0.481. The fourth-order valence-electron chi connectivity index (χ4n) is 0.883. The predicted molar refractivity (Wildman–Crippen MR) is 78.6 cm³/mol. The number of halogens is 1. The second kappa shape index (κ2) is 6.99. The second-order valence-electron chi connectivity index (χ2n) is 3.88. The zero-order valence-corrected chi connectivity index (χ0v) is 12.4. The van der Waals surface area contributed by atoms with Crippen LogP contribution in [0.3, 0.4) is 0 Å². The van der Waals surface area contributed by atoms with Gasteiger partial charge in [0.15, 0.2) is 0 Å². The Kier molecular flexibility index (Phi) is 6.81. The lowest BCUT2D eigenvalue weighted by Crippen LogP contribution is -2.02. The summed E-state index contributed by atoms with van der Waals surface area (Å²) in [5, 5.41) is 0. The van der Waals surface area contributed by atoms with Gasteiger partial charge in [0.2, 0.25) is 0 Å². The van der Waals surface area contributed by atoms with Crippen molar-refractivity contribution in [2.45, 2.75) is 34.6 Å². The quantitative estimate of drug-likeness (QED) is 0.397. The molecule has 2 heteroatoms. The fraction of sp³-hybridized carbons (Fsp3) is 0.462. The van der Waals surface area contributed by atoms with Crippen LogP contribution in [0, 0.1) is 5.92 Å². The van der Waals surface area contributed by atoms with E-state index in [4.69, 9.17) is 0 Å². The zero-order chi connectivity index (χ0) is 12.0. The van der Waals surface area contributed by atoms with E-state index in [-0.39, 0.29) is 0 Å². The standard InChI is InChI=1S/C13H20IN/c1-7-8-12(14)13(10(4)5)15-11(6)9(2)3/h7-9H,4H2,1-3,5-6H3/b8-7-,13-12-,15-11-. The van der Waals surface area contributed by atoms with E-state index in [0.29, 0.717) is 5.92 Å². The van der Waals surface area contributed by atoms with Crippen LogP contribution in [-0.4, -0.2) is 5.71 Å². The first-order chi connectivity index (χ1) is 6.90. The van der Waals surface area contributed by atoms with Gasteiger partial charge in [-0.2, -0.15) is 0 Å². The molecule has 0 saturated carbocycles. The zero-order valence-electron chi connectivity index (χ0n) is 10.3. The molecule has 0 aliphatic carbocycles. The number of rotatable bonds is 4. The molecule has 0 rings (SSSR count). The van der Waals surface area contributed by atoms with E-state index >= 15 is 0 Å². The smallest absolute Gasteiger partial charge is 0.0785 e. The molecule has 0 saturated heterocycles. The van der Waals surface area contributed by atoms with Gasteiger partial charge >= 0.3 is 0 Å². The van der Waals surface area contributed by atoms with Crippen molar-refractivity contribution >= 4 is 28.3 Å². The first kappa shape index (κ1) is 14.6. The number of hydrogen-bond acceptors (Lipinski definition) is 1. The van der Waals surface area contributed by atoms with Gasteiger partial charge in [-0.15, -0.1) is 0 Å². The van der Waals surface area contributed by atoms with Gasteiger partial charge in [-0.3, -0.25) is 4.99 Å². The van der Waals surface area contributed by atoms with Crippen molar-refractivity contribution in [3.05, 3.63) is 33.6 Å². The Morgan fingerprint density at radius 1 is 1.33 bits per heavy atom. The Hall–Kier alpha value is -0.380. The molecule has 0 atom stereocenters. The van der Waals surface area contributed by atoms with Crippen LogP contribution in [-0.2, 0) is 0 Å². The summed E-state index contributed by atoms with van der Waals surface area (Å²) in [6.45, 7) is 14.3. The Labute approximate surface area is 107 Å². The third-order valence-electron chi connectivity index (χ3n) is 2.07. The number of nitrogens with zero attached hydrogens (tertiary/aromatic N) is 1. The summed E-state index contributed by atoms with van der Waals surface area (Å²) in [4.78, 5) is 4.63. The molecule has 0 aliphatic heterocycles. The van der Waals surface area contributed by atoms with Crippen molar-refractivity contribution in [1.82, 2.24) is 0 Å². The Morgan fingerprint density at radius 3 is 2.20 bits per heavy atom. The van der Waals surface area contributed by atoms with E-state index in [1.165, 1.54) is 0 Å². The molecule has 0 spiro atoms. The highest BCUT2D eigenvalue weighted by molar-refractivity contribution is 14.1. The van der Waals surface area contributed by atoms with E-state index in [9.17, 15) is 0 Å². The van der Waals surface area contributed by atoms with Crippen LogP contribution < -0.4 is 0 Å². The molecule has 0 aromatic carbocycles. The molecule has 0 N–H and O–H groups in total. The maximum Gasteiger partial charge on any atom is 0.0785 e. The van der Waals surface area contributed by atoms with Gasteiger partial charge in [0.1, 0.15) is 0 Å². The van der Waals surface area contributed by atoms with Gasteiger partial charge in [0, 0.05) is 9.29 Å². The molecule has 0 aromatic rings. The highest BCUT2D eigenvalue weighted by Gasteiger charge is 2.04. The van der Waals surface area contributed by atoms with Crippen LogP contribution >= 0.6 is 22.6 Å². The highest BCUT2D eigenvalue weighted by atomic mass is 127. The largest absolute Gasteiger partial charge is 0.256 e. The van der Waals surface area contributed by atoms with Crippen molar-refractivity contribution in [2.75, 3.05) is 0 Å². The predicted octanol–water partition coefficient (Wildman–Crippen LogP) is 4.90. The molecular weight excluding hydrogens is 297 g/mol. The minimum Gasteiger partial charge on any atom is -0.256 e. The van der Waals surface area contributed by atoms with E-state index in [2.05, 4.69) is 61.0 Å². The Morgan fingerprint density at radius 2 is 1.87 bits per heavy atom. The molecule has 1 nitrogen and oxygen atoms in total. The number of allylic oxidation sites excluding steroid dienone is 4. The van der Waals surface area contributed by atoms with Crippen LogP contribution in [0.2, 0.25) is 0 Å². The normalized spacial score (nSPS) is 14.7. The lowest BCUT2D eigenvalue weighted by molar-refractivity contribution is 0.875. The Bertz CT molecular complexity index is 319. The summed E-state index contributed by atoms with van der Waals surface area (Å²) >= 11 is 2.30. The van der Waals surface area contributed by atoms with Crippen molar-refractivity contribution in [1.29, 1.82) is 0 Å². The average Bonchev–Trinajstić information content (AvgIpc) is 2.13. The number of aliphatic imine (C=N–C) groups is 1. The lowest BCUT2D eigenvalue weighted by atomic mass is 10.1. The summed E-state index contributed by atoms with van der Waals surface area (Å²) in [7, 11) is 0. The molecule has 0 fully saturated rings. The second-order valence-corrected chi connectivity index (χ2v) is 5.05. The van der Waals surface area contributed by atoms with Gasteiger partial charge in [-0.25, -0.2) is 0 Å². The summed E-state index contributed by atoms with van der Waals surface area (Å²) < 4.78 is 1.14. The fourth-order valence-corrected chi connectivity index (χ4v) is 1.82. The molecule has 0 aromatic heterocycles. The third kappa shape index (κ3) is 5.30. The molecule has 0 unspecified atom stereocenters. The molecule has 0 heterocycles. The lowest BCUT2D eigenvalue weighted by Gasteiger charge is -2.08. The summed E-state index contributed by atoms with van der Waals surface area (Å²) in [6.07, 6.45) is 4.08. The topological polar surface area (TPSA) is 12.4 Å². The third-order valence-corrected chi connectivity index (χ3v) is 2.94. The first-order valence-electron chi connectivity index (χ1n) is 5.13. The van der Waals surface area contributed by atoms with Crippen molar-refractivity contribution in [3.63, 3.8) is 0 Å². The molecule has 0 radical (unpaired) electrons. The first-order valence-corrected chi connectivity index (χ1v) is 6.21. The van der Waals surface area contributed by atoms with Gasteiger partial charge in [-0.1, -0.05) is 32.6 Å². The molecular formula is C13H20IN. The number of hydrogen-bond donors (Lipinski definition) is 0. The maximum absolute atomic E-state index is 4.63. The molecule has 15 heavy (non-hydrogen) atoms. The summed E-state index contributed by atoms with van der Waals surface area (Å²) in [6, 6.07) is 0. The van der Waals surface area contributed by atoms with Crippen LogP contribution in [0.15, 0.2) is 38.6 Å². The molecule has 0 bridgehead atoms. The maximum atomic E-state index is 4.63. The Balaban J connectivity index is 5.27. The van der Waals surface area contributed by atoms with E-state index < -0.39 is 0 Å². The van der Waals surface area contributed by atoms with Crippen molar-refractivity contribution < 1.29 is 0 Å². The van der Waals surface area contributed by atoms with Gasteiger partial charge in [-0.05, 0) is 54.9 Å². The molecule has 0 amide bonds. The average molecular weight is 317 g/mol. The molecule has 0 aliphatic rings. The van der Waals surface area contributed by atoms with E-state index in [1.54, 1.807) is 0 Å². The van der Waals surface area contributed by atoms with Gasteiger partial charge in [0.05, 0.1) is 5.70 Å². The van der Waals surface area contributed by atoms with Crippen LogP contribution in [0.25, 0.3) is 0 Å². The van der Waals surface area contributed by atoms with E-state index in [1.807, 2.05) is 19.9 Å². The van der Waals surface area contributed by atoms with Crippen LogP contribution in [0.4, 0.5) is 0 Å². The minimum atomic E-state index is 0.481. The van der Waals surface area contributed by atoms with Crippen LogP contribution in [0.1, 0.15) is 34.6 Å². The van der Waals surface area contributed by atoms with Crippen molar-refractivity contribution in [2.24, 2.45) is 10.9 Å². The van der Waals surface area contributed by atoms with Gasteiger partial charge in [0.25, 0.3) is 0 Å². The minimum absolute atomic E-state index is 0.481. The van der Waals surface area contributed by atoms with E-state index in [0.717, 1.165) is 20.6 Å². The molecule has 84 valence electrons. The highest BCUT2D eigenvalue weighted by Crippen LogP contribution is 2.22. The summed E-state index contributed by atoms with van der Waals surface area (Å²) in [5.41, 5.74) is 3.16. The van der Waals surface area contributed by atoms with Gasteiger partial charge < -0.3 is 0 Å².